The second kappa shape index (κ2) is 4.24. The Hall–Kier alpha value is -0.630. The third-order valence-electron chi connectivity index (χ3n) is 5.02. The number of hydrogen-bond acceptors (Lipinski definition) is 4. The molecule has 3 saturated heterocycles. The average Bonchev–Trinajstić information content (AvgIpc) is 2.76. The van der Waals surface area contributed by atoms with Gasteiger partial charge in [-0.2, -0.15) is 5.26 Å². The monoisotopic (exact) mass is 234 g/mol. The lowest BCUT2D eigenvalue weighted by atomic mass is 9.78. The average molecular weight is 234 g/mol. The van der Waals surface area contributed by atoms with Crippen LogP contribution in [0, 0.1) is 17.2 Å². The van der Waals surface area contributed by atoms with E-state index in [2.05, 4.69) is 27.8 Å². The normalized spacial score (nSPS) is 43.5. The van der Waals surface area contributed by atoms with Gasteiger partial charge in [-0.3, -0.25) is 4.90 Å². The molecule has 0 aromatic heterocycles. The molecule has 0 radical (unpaired) electrons. The third kappa shape index (κ3) is 1.77. The minimum atomic E-state index is -0.145. The standard InChI is InChI=1S/C13H22N4/c1-15-6-8-17(9-7-15)13(11-14)3-5-16-4-2-12(13)10-16/h12H,2-10H2,1H3. The summed E-state index contributed by atoms with van der Waals surface area (Å²) in [5, 5.41) is 9.76. The van der Waals surface area contributed by atoms with E-state index in [0.717, 1.165) is 45.7 Å². The van der Waals surface area contributed by atoms with Crippen molar-refractivity contribution in [2.45, 2.75) is 18.4 Å². The molecule has 3 heterocycles. The maximum absolute atomic E-state index is 9.76. The van der Waals surface area contributed by atoms with Crippen LogP contribution < -0.4 is 0 Å². The number of piperidine rings is 1. The molecule has 0 aromatic rings. The summed E-state index contributed by atoms with van der Waals surface area (Å²) in [5.41, 5.74) is -0.145. The summed E-state index contributed by atoms with van der Waals surface area (Å²) in [5.74, 6) is 0.588. The molecule has 4 heteroatoms. The molecular formula is C13H22N4. The van der Waals surface area contributed by atoms with E-state index in [0.29, 0.717) is 5.92 Å². The number of nitriles is 1. The number of fused-ring (bicyclic) bond motifs is 2. The largest absolute Gasteiger partial charge is 0.304 e. The Morgan fingerprint density at radius 2 is 1.88 bits per heavy atom. The molecule has 0 aliphatic carbocycles. The van der Waals surface area contributed by atoms with Crippen LogP contribution in [0.15, 0.2) is 0 Å². The van der Waals surface area contributed by atoms with Crippen molar-refractivity contribution in [3.63, 3.8) is 0 Å². The zero-order valence-electron chi connectivity index (χ0n) is 10.7. The molecule has 3 rings (SSSR count). The van der Waals surface area contributed by atoms with E-state index in [1.165, 1.54) is 13.0 Å². The molecular weight excluding hydrogens is 212 g/mol. The minimum Gasteiger partial charge on any atom is -0.304 e. The molecule has 0 spiro atoms. The number of likely N-dealkylation sites (N-methyl/N-ethyl adjacent to an activating group) is 1. The molecule has 4 nitrogen and oxygen atoms in total. The maximum Gasteiger partial charge on any atom is 0.114 e. The second-order valence-electron chi connectivity index (χ2n) is 5.86. The van der Waals surface area contributed by atoms with Gasteiger partial charge in [0.1, 0.15) is 5.54 Å². The predicted octanol–water partition coefficient (Wildman–Crippen LogP) is 0.222. The SMILES string of the molecule is CN1CCN(C2(C#N)CCN3CCC2C3)CC1. The van der Waals surface area contributed by atoms with Gasteiger partial charge in [0.2, 0.25) is 0 Å². The molecule has 3 atom stereocenters. The first-order valence-corrected chi connectivity index (χ1v) is 6.82. The van der Waals surface area contributed by atoms with Crippen LogP contribution in [0.3, 0.4) is 0 Å². The van der Waals surface area contributed by atoms with Crippen LogP contribution in [-0.2, 0) is 0 Å². The van der Waals surface area contributed by atoms with Gasteiger partial charge in [0.25, 0.3) is 0 Å². The first-order chi connectivity index (χ1) is 8.24. The zero-order chi connectivity index (χ0) is 11.9. The van der Waals surface area contributed by atoms with Crippen molar-refractivity contribution < 1.29 is 0 Å². The van der Waals surface area contributed by atoms with Crippen LogP contribution in [0.2, 0.25) is 0 Å². The van der Waals surface area contributed by atoms with Gasteiger partial charge in [-0.25, -0.2) is 0 Å². The van der Waals surface area contributed by atoms with Gasteiger partial charge < -0.3 is 9.80 Å². The van der Waals surface area contributed by atoms with Crippen LogP contribution >= 0.6 is 0 Å². The molecule has 0 aromatic carbocycles. The van der Waals surface area contributed by atoms with E-state index in [4.69, 9.17) is 0 Å². The third-order valence-corrected chi connectivity index (χ3v) is 5.02. The van der Waals surface area contributed by atoms with E-state index >= 15 is 0 Å². The van der Waals surface area contributed by atoms with E-state index in [-0.39, 0.29) is 5.54 Å². The van der Waals surface area contributed by atoms with Crippen molar-refractivity contribution in [2.24, 2.45) is 5.92 Å². The lowest BCUT2D eigenvalue weighted by Crippen LogP contribution is -2.61. The van der Waals surface area contributed by atoms with Crippen molar-refractivity contribution in [3.8, 4) is 6.07 Å². The summed E-state index contributed by atoms with van der Waals surface area (Å²) in [6.45, 7) is 7.85. The Labute approximate surface area is 104 Å². The molecule has 0 amide bonds. The fourth-order valence-corrected chi connectivity index (χ4v) is 3.80. The van der Waals surface area contributed by atoms with Crippen LogP contribution in [0.5, 0.6) is 0 Å². The van der Waals surface area contributed by atoms with E-state index in [1.807, 2.05) is 0 Å². The molecule has 17 heavy (non-hydrogen) atoms. The predicted molar refractivity (Wildman–Crippen MR) is 66.6 cm³/mol. The Morgan fingerprint density at radius 1 is 1.12 bits per heavy atom. The quantitative estimate of drug-likeness (QED) is 0.650. The smallest absolute Gasteiger partial charge is 0.114 e. The summed E-state index contributed by atoms with van der Waals surface area (Å²) in [4.78, 5) is 7.38. The number of rotatable bonds is 1. The molecule has 94 valence electrons. The van der Waals surface area contributed by atoms with E-state index < -0.39 is 0 Å². The van der Waals surface area contributed by atoms with Crippen LogP contribution in [0.4, 0.5) is 0 Å². The van der Waals surface area contributed by atoms with Gasteiger partial charge in [-0.1, -0.05) is 0 Å². The number of piperazine rings is 1. The first-order valence-electron chi connectivity index (χ1n) is 6.82. The first kappa shape index (κ1) is 11.5. The van der Waals surface area contributed by atoms with Crippen molar-refractivity contribution in [1.29, 1.82) is 5.26 Å². The molecule has 0 saturated carbocycles. The Kier molecular flexibility index (Phi) is 2.86. The summed E-state index contributed by atoms with van der Waals surface area (Å²) in [6, 6.07) is 2.71. The molecule has 3 unspecified atom stereocenters. The Balaban J connectivity index is 1.80. The van der Waals surface area contributed by atoms with Crippen LogP contribution in [0.25, 0.3) is 0 Å². The number of hydrogen-bond donors (Lipinski definition) is 0. The van der Waals surface area contributed by atoms with Crippen molar-refractivity contribution >= 4 is 0 Å². The van der Waals surface area contributed by atoms with Gasteiger partial charge in [-0.15, -0.1) is 0 Å². The molecule has 3 fully saturated rings. The fourth-order valence-electron chi connectivity index (χ4n) is 3.80. The van der Waals surface area contributed by atoms with Gasteiger partial charge in [-0.05, 0) is 26.4 Å². The summed E-state index contributed by atoms with van der Waals surface area (Å²) >= 11 is 0. The van der Waals surface area contributed by atoms with E-state index in [9.17, 15) is 5.26 Å². The number of nitrogens with zero attached hydrogens (tertiary/aromatic N) is 4. The van der Waals surface area contributed by atoms with Gasteiger partial charge in [0.15, 0.2) is 0 Å². The maximum atomic E-state index is 9.76. The molecule has 3 aliphatic heterocycles. The highest BCUT2D eigenvalue weighted by molar-refractivity contribution is 5.17. The summed E-state index contributed by atoms with van der Waals surface area (Å²) < 4.78 is 0. The van der Waals surface area contributed by atoms with Crippen LogP contribution in [0.1, 0.15) is 12.8 Å². The topological polar surface area (TPSA) is 33.5 Å². The van der Waals surface area contributed by atoms with Crippen molar-refractivity contribution in [3.05, 3.63) is 0 Å². The van der Waals surface area contributed by atoms with Crippen molar-refractivity contribution in [1.82, 2.24) is 14.7 Å². The highest BCUT2D eigenvalue weighted by Gasteiger charge is 2.50. The molecule has 2 bridgehead atoms. The lowest BCUT2D eigenvalue weighted by Gasteiger charge is -2.48. The highest BCUT2D eigenvalue weighted by Crippen LogP contribution is 2.39. The fraction of sp³-hybridized carbons (Fsp3) is 0.923. The van der Waals surface area contributed by atoms with Gasteiger partial charge >= 0.3 is 0 Å². The molecule has 3 aliphatic rings. The lowest BCUT2D eigenvalue weighted by molar-refractivity contribution is 0.0132. The highest BCUT2D eigenvalue weighted by atomic mass is 15.3. The Morgan fingerprint density at radius 3 is 2.59 bits per heavy atom. The van der Waals surface area contributed by atoms with Gasteiger partial charge in [0, 0.05) is 45.2 Å². The summed E-state index contributed by atoms with van der Waals surface area (Å²) in [7, 11) is 2.18. The Bertz CT molecular complexity index is 329. The molecule has 0 N–H and O–H groups in total. The minimum absolute atomic E-state index is 0.145. The van der Waals surface area contributed by atoms with Crippen LogP contribution in [-0.4, -0.2) is 73.1 Å². The summed E-state index contributed by atoms with van der Waals surface area (Å²) in [6.07, 6.45) is 2.28. The van der Waals surface area contributed by atoms with Gasteiger partial charge in [0.05, 0.1) is 6.07 Å². The second-order valence-corrected chi connectivity index (χ2v) is 5.86. The van der Waals surface area contributed by atoms with Crippen molar-refractivity contribution in [2.75, 3.05) is 52.9 Å². The van der Waals surface area contributed by atoms with E-state index in [1.54, 1.807) is 0 Å². The zero-order valence-corrected chi connectivity index (χ0v) is 10.7.